The van der Waals surface area contributed by atoms with E-state index in [0.717, 1.165) is 11.1 Å². The van der Waals surface area contributed by atoms with Crippen molar-refractivity contribution in [3.8, 4) is 0 Å². The maximum absolute atomic E-state index is 13.0. The molecule has 2 aliphatic rings. The van der Waals surface area contributed by atoms with Crippen molar-refractivity contribution in [2.24, 2.45) is 0 Å². The van der Waals surface area contributed by atoms with Gasteiger partial charge in [-0.05, 0) is 57.9 Å². The van der Waals surface area contributed by atoms with Crippen LogP contribution in [-0.4, -0.2) is 69.1 Å². The third-order valence-corrected chi connectivity index (χ3v) is 6.66. The molecule has 0 bridgehead atoms. The van der Waals surface area contributed by atoms with Crippen LogP contribution in [0.2, 0.25) is 0 Å². The van der Waals surface area contributed by atoms with Gasteiger partial charge in [-0.25, -0.2) is 9.69 Å². The van der Waals surface area contributed by atoms with Crippen LogP contribution in [0, 0.1) is 13.8 Å². The summed E-state index contributed by atoms with van der Waals surface area (Å²) in [5, 5.41) is -0.523. The molecule has 9 heteroatoms. The number of carbonyl (C=O) groups is 3. The summed E-state index contributed by atoms with van der Waals surface area (Å²) in [6.07, 6.45) is -0.194. The minimum Gasteiger partial charge on any atom is -0.444 e. The summed E-state index contributed by atoms with van der Waals surface area (Å²) in [6, 6.07) is 5.71. The smallest absolute Gasteiger partial charge is 0.410 e. The first-order valence-electron chi connectivity index (χ1n) is 10.3. The van der Waals surface area contributed by atoms with Crippen molar-refractivity contribution in [3.05, 3.63) is 29.3 Å². The van der Waals surface area contributed by atoms with Crippen LogP contribution in [0.5, 0.6) is 0 Å². The summed E-state index contributed by atoms with van der Waals surface area (Å²) < 4.78 is 6.00. The molecule has 2 aliphatic heterocycles. The lowest BCUT2D eigenvalue weighted by Gasteiger charge is -2.36. The second-order valence-electron chi connectivity index (χ2n) is 8.94. The van der Waals surface area contributed by atoms with Crippen molar-refractivity contribution >= 4 is 51.9 Å². The third kappa shape index (κ3) is 5.77. The highest BCUT2D eigenvalue weighted by molar-refractivity contribution is 8.23. The largest absolute Gasteiger partial charge is 0.444 e. The fourth-order valence-corrected chi connectivity index (χ4v) is 5.18. The van der Waals surface area contributed by atoms with Crippen LogP contribution in [0.25, 0.3) is 0 Å². The minimum atomic E-state index is -0.531. The molecular formula is C22H29N3O4S2. The van der Waals surface area contributed by atoms with Gasteiger partial charge in [-0.1, -0.05) is 30.0 Å². The molecule has 0 aliphatic carbocycles. The normalized spacial score (nSPS) is 19.8. The van der Waals surface area contributed by atoms with Gasteiger partial charge < -0.3 is 14.5 Å². The van der Waals surface area contributed by atoms with Crippen LogP contribution in [0.15, 0.2) is 18.2 Å². The van der Waals surface area contributed by atoms with E-state index in [1.165, 1.54) is 16.7 Å². The van der Waals surface area contributed by atoms with Crippen LogP contribution in [0.4, 0.5) is 10.5 Å². The van der Waals surface area contributed by atoms with E-state index in [0.29, 0.717) is 36.2 Å². The van der Waals surface area contributed by atoms with E-state index < -0.39 is 10.9 Å². The average Bonchev–Trinajstić information content (AvgIpc) is 2.93. The fourth-order valence-electron chi connectivity index (χ4n) is 3.64. The van der Waals surface area contributed by atoms with E-state index in [1.54, 1.807) is 4.90 Å². The number of thioether (sulfide) groups is 1. The zero-order valence-corrected chi connectivity index (χ0v) is 20.3. The number of nitrogens with zero attached hydrogens (tertiary/aromatic N) is 3. The number of amides is 3. The number of anilines is 1. The molecular weight excluding hydrogens is 434 g/mol. The Morgan fingerprint density at radius 1 is 1.03 bits per heavy atom. The maximum atomic E-state index is 13.0. The molecule has 1 atom stereocenters. The number of hydrogen-bond donors (Lipinski definition) is 0. The van der Waals surface area contributed by atoms with Crippen molar-refractivity contribution in [2.75, 3.05) is 31.1 Å². The number of rotatable bonds is 2. The van der Waals surface area contributed by atoms with Crippen molar-refractivity contribution < 1.29 is 19.1 Å². The van der Waals surface area contributed by atoms with Crippen molar-refractivity contribution in [2.45, 2.75) is 51.9 Å². The molecule has 1 aromatic carbocycles. The zero-order chi connectivity index (χ0) is 22.9. The summed E-state index contributed by atoms with van der Waals surface area (Å²) in [5.41, 5.74) is 2.10. The number of ether oxygens (including phenoxy) is 1. The highest BCUT2D eigenvalue weighted by Gasteiger charge is 2.41. The Labute approximate surface area is 193 Å². The van der Waals surface area contributed by atoms with E-state index >= 15 is 0 Å². The molecule has 0 spiro atoms. The van der Waals surface area contributed by atoms with E-state index in [2.05, 4.69) is 0 Å². The molecule has 0 radical (unpaired) electrons. The molecule has 168 valence electrons. The lowest BCUT2D eigenvalue weighted by atomic mass is 10.1. The minimum absolute atomic E-state index is 0.133. The summed E-state index contributed by atoms with van der Waals surface area (Å²) in [7, 11) is 0. The Morgan fingerprint density at radius 3 is 2.13 bits per heavy atom. The Hall–Kier alpha value is -2.13. The second-order valence-corrected chi connectivity index (χ2v) is 10.8. The van der Waals surface area contributed by atoms with Gasteiger partial charge in [0.1, 0.15) is 15.2 Å². The first-order valence-corrected chi connectivity index (χ1v) is 11.6. The van der Waals surface area contributed by atoms with E-state index in [4.69, 9.17) is 17.0 Å². The summed E-state index contributed by atoms with van der Waals surface area (Å²) in [5.74, 6) is -0.431. The van der Waals surface area contributed by atoms with Crippen LogP contribution in [0.1, 0.15) is 38.3 Å². The van der Waals surface area contributed by atoms with Gasteiger partial charge >= 0.3 is 6.09 Å². The summed E-state index contributed by atoms with van der Waals surface area (Å²) >= 11 is 6.83. The van der Waals surface area contributed by atoms with Gasteiger partial charge in [0.25, 0.3) is 0 Å². The van der Waals surface area contributed by atoms with Gasteiger partial charge in [0.2, 0.25) is 11.8 Å². The molecule has 3 amide bonds. The summed E-state index contributed by atoms with van der Waals surface area (Å²) in [6.45, 7) is 11.6. The Morgan fingerprint density at radius 2 is 1.58 bits per heavy atom. The SMILES string of the molecule is Cc1cc(C)cc(N2C(=O)C[C@H](SC(=S)N3CCN(C(=O)OC(C)(C)C)CC3)C2=O)c1. The van der Waals surface area contributed by atoms with Crippen molar-refractivity contribution in [3.63, 3.8) is 0 Å². The fraction of sp³-hybridized carbons (Fsp3) is 0.545. The monoisotopic (exact) mass is 463 g/mol. The molecule has 0 unspecified atom stereocenters. The molecule has 3 rings (SSSR count). The van der Waals surface area contributed by atoms with Crippen LogP contribution >= 0.6 is 24.0 Å². The number of thiocarbonyl (C=S) groups is 1. The molecule has 1 aromatic rings. The Balaban J connectivity index is 1.57. The molecule has 2 saturated heterocycles. The van der Waals surface area contributed by atoms with Gasteiger partial charge in [0.05, 0.1) is 5.69 Å². The third-order valence-electron chi connectivity index (χ3n) is 5.00. The molecule has 0 aromatic heterocycles. The molecule has 7 nitrogen and oxygen atoms in total. The predicted molar refractivity (Wildman–Crippen MR) is 126 cm³/mol. The molecule has 2 fully saturated rings. The lowest BCUT2D eigenvalue weighted by molar-refractivity contribution is -0.121. The van der Waals surface area contributed by atoms with Crippen LogP contribution in [-0.2, 0) is 14.3 Å². The average molecular weight is 464 g/mol. The van der Waals surface area contributed by atoms with E-state index in [-0.39, 0.29) is 24.3 Å². The molecule has 0 saturated carbocycles. The van der Waals surface area contributed by atoms with Crippen LogP contribution < -0.4 is 4.90 Å². The number of piperazine rings is 1. The maximum Gasteiger partial charge on any atom is 0.410 e. The predicted octanol–water partition coefficient (Wildman–Crippen LogP) is 3.51. The Bertz CT molecular complexity index is 884. The number of aryl methyl sites for hydroxylation is 2. The number of imide groups is 1. The topological polar surface area (TPSA) is 70.2 Å². The second kappa shape index (κ2) is 9.16. The lowest BCUT2D eigenvalue weighted by Crippen LogP contribution is -2.51. The highest BCUT2D eigenvalue weighted by atomic mass is 32.2. The zero-order valence-electron chi connectivity index (χ0n) is 18.6. The van der Waals surface area contributed by atoms with Gasteiger partial charge in [-0.3, -0.25) is 9.59 Å². The summed E-state index contributed by atoms with van der Waals surface area (Å²) in [4.78, 5) is 42.7. The standard InChI is InChI=1S/C22H29N3O4S2/c1-14-10-15(2)12-16(11-14)25-18(26)13-17(19(25)27)31-21(30)24-8-6-23(7-9-24)20(28)29-22(3,4)5/h10-12,17H,6-9,13H2,1-5H3/t17-/m0/s1. The van der Waals surface area contributed by atoms with Gasteiger partial charge in [-0.2, -0.15) is 0 Å². The number of benzene rings is 1. The van der Waals surface area contributed by atoms with Crippen molar-refractivity contribution in [1.29, 1.82) is 0 Å². The first kappa shape index (κ1) is 23.5. The first-order chi connectivity index (χ1) is 14.4. The van der Waals surface area contributed by atoms with Gasteiger partial charge in [0, 0.05) is 32.6 Å². The number of hydrogen-bond acceptors (Lipinski definition) is 6. The van der Waals surface area contributed by atoms with E-state index in [1.807, 2.05) is 57.7 Å². The molecule has 0 N–H and O–H groups in total. The van der Waals surface area contributed by atoms with E-state index in [9.17, 15) is 14.4 Å². The van der Waals surface area contributed by atoms with Gasteiger partial charge in [-0.15, -0.1) is 0 Å². The molecule has 2 heterocycles. The van der Waals surface area contributed by atoms with Crippen LogP contribution in [0.3, 0.4) is 0 Å². The van der Waals surface area contributed by atoms with Crippen molar-refractivity contribution in [1.82, 2.24) is 9.80 Å². The quantitative estimate of drug-likeness (QED) is 0.491. The van der Waals surface area contributed by atoms with Gasteiger partial charge in [0.15, 0.2) is 0 Å². The molecule has 31 heavy (non-hydrogen) atoms. The Kier molecular flexibility index (Phi) is 6.95. The highest BCUT2D eigenvalue weighted by Crippen LogP contribution is 2.32. The number of carbonyl (C=O) groups excluding carboxylic acids is 3.